The second-order valence-corrected chi connectivity index (χ2v) is 14.3. The summed E-state index contributed by atoms with van der Waals surface area (Å²) in [5, 5.41) is 25.0. The number of aromatic hydroxyl groups is 1. The predicted molar refractivity (Wildman–Crippen MR) is 213 cm³/mol. The third-order valence-electron chi connectivity index (χ3n) is 11.3. The third-order valence-corrected chi connectivity index (χ3v) is 11.3. The number of phenols is 1. The lowest BCUT2D eigenvalue weighted by atomic mass is 9.85. The zero-order chi connectivity index (χ0) is 38.2. The average Bonchev–Trinajstić information content (AvgIpc) is 3.56. The molecule has 2 aliphatic heterocycles. The number of carbonyl (C=O) groups is 3. The molecule has 1 unspecified atom stereocenters. The molecule has 11 nitrogen and oxygen atoms in total. The topological polar surface area (TPSA) is 154 Å². The lowest BCUT2D eigenvalue weighted by molar-refractivity contribution is -0.121. The number of nitrogens with one attached hydrogen (secondary N) is 2. The number of carbonyl (C=O) groups excluding carboxylic acids is 3. The first kappa shape index (κ1) is 38.4. The van der Waals surface area contributed by atoms with Gasteiger partial charge in [-0.05, 0) is 105 Å². The fraction of sp³-hybridized carbons (Fsp3) is 0.419. The molecule has 5 N–H and O–H groups in total. The molecule has 3 heterocycles. The van der Waals surface area contributed by atoms with Crippen LogP contribution in [0.2, 0.25) is 0 Å². The van der Waals surface area contributed by atoms with Gasteiger partial charge in [0.1, 0.15) is 12.0 Å². The highest BCUT2D eigenvalue weighted by Gasteiger charge is 2.35. The number of likely N-dealkylation sites (tertiary alicyclic amines) is 1. The van der Waals surface area contributed by atoms with Gasteiger partial charge in [0.05, 0.1) is 11.7 Å². The van der Waals surface area contributed by atoms with Crippen LogP contribution in [0.5, 0.6) is 5.75 Å². The minimum absolute atomic E-state index is 0.142. The summed E-state index contributed by atoms with van der Waals surface area (Å²) in [6, 6.07) is 23.7. The van der Waals surface area contributed by atoms with Crippen molar-refractivity contribution in [1.29, 1.82) is 0 Å². The number of fused-ring (bicyclic) bond motifs is 1. The van der Waals surface area contributed by atoms with Crippen LogP contribution in [-0.4, -0.2) is 81.5 Å². The van der Waals surface area contributed by atoms with Crippen LogP contribution in [0.15, 0.2) is 72.8 Å². The van der Waals surface area contributed by atoms with E-state index in [2.05, 4.69) is 50.0 Å². The van der Waals surface area contributed by atoms with Gasteiger partial charge in [-0.3, -0.25) is 9.59 Å². The monoisotopic (exact) mass is 731 g/mol. The highest BCUT2D eigenvalue weighted by Crippen LogP contribution is 2.37. The van der Waals surface area contributed by atoms with E-state index in [1.54, 1.807) is 24.1 Å². The fourth-order valence-electron chi connectivity index (χ4n) is 8.25. The van der Waals surface area contributed by atoms with E-state index in [1.807, 2.05) is 50.2 Å². The molecular weight excluding hydrogens is 679 g/mol. The van der Waals surface area contributed by atoms with Crippen molar-refractivity contribution < 1.29 is 19.5 Å². The molecule has 1 saturated carbocycles. The second-order valence-electron chi connectivity index (χ2n) is 14.3. The molecule has 3 aliphatic rings. The minimum atomic E-state index is -0.626. The van der Waals surface area contributed by atoms with Gasteiger partial charge in [0, 0.05) is 60.0 Å². The SMILES string of the molecule is CC.CNC(=O)CCC(C=O)N1Cc2c(NC3CCC(N4CCC(c5ccc(-c6cc(-c7ccccc7O)nnc6N)cc5)CC4)CC3)cccc2C1=O. The van der Waals surface area contributed by atoms with Crippen LogP contribution >= 0.6 is 0 Å². The summed E-state index contributed by atoms with van der Waals surface area (Å²) in [7, 11) is 1.57. The van der Waals surface area contributed by atoms with Gasteiger partial charge >= 0.3 is 0 Å². The van der Waals surface area contributed by atoms with E-state index in [4.69, 9.17) is 5.73 Å². The van der Waals surface area contributed by atoms with Crippen molar-refractivity contribution in [2.24, 2.45) is 0 Å². The number of aromatic nitrogens is 2. The summed E-state index contributed by atoms with van der Waals surface area (Å²) in [4.78, 5) is 41.2. The molecule has 2 fully saturated rings. The Bertz CT molecular complexity index is 1920. The van der Waals surface area contributed by atoms with Crippen LogP contribution in [0, 0.1) is 0 Å². The highest BCUT2D eigenvalue weighted by molar-refractivity contribution is 6.01. The highest BCUT2D eigenvalue weighted by atomic mass is 16.3. The number of hydrogen-bond acceptors (Lipinski definition) is 9. The number of rotatable bonds is 11. The summed E-state index contributed by atoms with van der Waals surface area (Å²) in [5.41, 5.74) is 13.1. The lowest BCUT2D eigenvalue weighted by Crippen LogP contribution is -2.44. The number of amides is 2. The Kier molecular flexibility index (Phi) is 12.6. The first-order chi connectivity index (χ1) is 26.3. The number of nitrogen functional groups attached to an aromatic ring is 1. The molecule has 7 rings (SSSR count). The number of hydrogen-bond donors (Lipinski definition) is 4. The standard InChI is InChI=1S/C41H47N7O4.C2H6/c1-43-39(51)18-17-31(25-49)48-24-35-32(41(48)52)6-4-7-36(35)44-29-13-15-30(16-14-29)47-21-19-27(20-22-47)26-9-11-28(12-10-26)34-23-37(45-46-40(34)42)33-5-2-3-8-38(33)50;1-2/h2-12,23,25,27,29-31,44,50H,13-22,24H2,1H3,(H2,42,46)(H,43,51);1-2H3. The quantitative estimate of drug-likeness (QED) is 0.122. The van der Waals surface area contributed by atoms with Crippen molar-refractivity contribution in [2.45, 2.75) is 95.8 Å². The second kappa shape index (κ2) is 17.7. The number of para-hydroxylation sites is 1. The van der Waals surface area contributed by atoms with E-state index in [0.29, 0.717) is 53.6 Å². The maximum atomic E-state index is 13.3. The number of aldehydes is 1. The molecule has 1 saturated heterocycles. The van der Waals surface area contributed by atoms with Crippen molar-refractivity contribution in [3.63, 3.8) is 0 Å². The van der Waals surface area contributed by atoms with Crippen LogP contribution in [0.25, 0.3) is 22.4 Å². The first-order valence-corrected chi connectivity index (χ1v) is 19.4. The summed E-state index contributed by atoms with van der Waals surface area (Å²) in [6.07, 6.45) is 7.94. The van der Waals surface area contributed by atoms with Crippen LogP contribution < -0.4 is 16.4 Å². The van der Waals surface area contributed by atoms with E-state index >= 15 is 0 Å². The molecule has 4 aromatic rings. The average molecular weight is 732 g/mol. The Balaban J connectivity index is 0.00000245. The molecule has 3 aromatic carbocycles. The van der Waals surface area contributed by atoms with Gasteiger partial charge in [0.2, 0.25) is 5.91 Å². The van der Waals surface area contributed by atoms with Gasteiger partial charge in [-0.1, -0.05) is 56.3 Å². The zero-order valence-electron chi connectivity index (χ0n) is 31.6. The van der Waals surface area contributed by atoms with Gasteiger partial charge in [-0.2, -0.15) is 0 Å². The molecule has 1 aliphatic carbocycles. The molecule has 54 heavy (non-hydrogen) atoms. The minimum Gasteiger partial charge on any atom is -0.507 e. The van der Waals surface area contributed by atoms with Crippen LogP contribution in [0.1, 0.15) is 92.6 Å². The third kappa shape index (κ3) is 8.41. The van der Waals surface area contributed by atoms with Crippen LogP contribution in [0.3, 0.4) is 0 Å². The maximum absolute atomic E-state index is 13.3. The predicted octanol–water partition coefficient (Wildman–Crippen LogP) is 6.78. The Labute approximate surface area is 318 Å². The summed E-state index contributed by atoms with van der Waals surface area (Å²) < 4.78 is 0. The van der Waals surface area contributed by atoms with E-state index < -0.39 is 6.04 Å². The smallest absolute Gasteiger partial charge is 0.255 e. The number of phenolic OH excluding ortho intramolecular Hbond substituents is 1. The van der Waals surface area contributed by atoms with Gasteiger partial charge in [-0.15, -0.1) is 10.2 Å². The molecule has 0 radical (unpaired) electrons. The number of nitrogens with zero attached hydrogens (tertiary/aromatic N) is 4. The van der Waals surface area contributed by atoms with Crippen molar-refractivity contribution in [2.75, 3.05) is 31.2 Å². The number of nitrogens with two attached hydrogens (primary N) is 1. The molecule has 11 heteroatoms. The maximum Gasteiger partial charge on any atom is 0.255 e. The number of piperidine rings is 1. The van der Waals surface area contributed by atoms with Gasteiger partial charge < -0.3 is 36.1 Å². The Morgan fingerprint density at radius 3 is 2.31 bits per heavy atom. The molecule has 284 valence electrons. The lowest BCUT2D eigenvalue weighted by Gasteiger charge is -2.41. The van der Waals surface area contributed by atoms with E-state index in [9.17, 15) is 19.5 Å². The largest absolute Gasteiger partial charge is 0.507 e. The van der Waals surface area contributed by atoms with E-state index in [1.165, 1.54) is 5.56 Å². The van der Waals surface area contributed by atoms with Crippen molar-refractivity contribution in [3.05, 3.63) is 89.5 Å². The molecule has 0 spiro atoms. The van der Waals surface area contributed by atoms with Gasteiger partial charge in [0.25, 0.3) is 5.91 Å². The van der Waals surface area contributed by atoms with Crippen molar-refractivity contribution >= 4 is 29.6 Å². The molecule has 1 aromatic heterocycles. The number of benzene rings is 3. The Hall–Kier alpha value is -5.29. The van der Waals surface area contributed by atoms with Gasteiger partial charge in [-0.25, -0.2) is 0 Å². The van der Waals surface area contributed by atoms with Crippen molar-refractivity contribution in [3.8, 4) is 28.1 Å². The Morgan fingerprint density at radius 2 is 1.63 bits per heavy atom. The Morgan fingerprint density at radius 1 is 0.926 bits per heavy atom. The molecule has 2 amide bonds. The first-order valence-electron chi connectivity index (χ1n) is 19.4. The number of anilines is 2. The van der Waals surface area contributed by atoms with Crippen molar-refractivity contribution in [1.82, 2.24) is 25.3 Å². The van der Waals surface area contributed by atoms with Gasteiger partial charge in [0.15, 0.2) is 5.82 Å². The molecular formula is C43H53N7O4. The van der Waals surface area contributed by atoms with E-state index in [0.717, 1.165) is 80.3 Å². The summed E-state index contributed by atoms with van der Waals surface area (Å²) in [5.74, 6) is 0.739. The van der Waals surface area contributed by atoms with Crippen LogP contribution in [-0.2, 0) is 16.1 Å². The fourth-order valence-corrected chi connectivity index (χ4v) is 8.25. The van der Waals surface area contributed by atoms with Crippen LogP contribution in [0.4, 0.5) is 11.5 Å². The summed E-state index contributed by atoms with van der Waals surface area (Å²) >= 11 is 0. The normalized spacial score (nSPS) is 19.3. The molecule has 1 atom stereocenters. The zero-order valence-corrected chi connectivity index (χ0v) is 31.6. The molecule has 0 bridgehead atoms. The summed E-state index contributed by atoms with van der Waals surface area (Å²) in [6.45, 7) is 6.54. The van der Waals surface area contributed by atoms with E-state index in [-0.39, 0.29) is 24.0 Å².